The highest BCUT2D eigenvalue weighted by Gasteiger charge is 2.38. The summed E-state index contributed by atoms with van der Waals surface area (Å²) in [5.74, 6) is -0.737. The Morgan fingerprint density at radius 2 is 1.67 bits per heavy atom. The quantitative estimate of drug-likeness (QED) is 0.218. The van der Waals surface area contributed by atoms with Crippen LogP contribution in [0.1, 0.15) is 24.0 Å². The Hall–Kier alpha value is -4.61. The van der Waals surface area contributed by atoms with Crippen LogP contribution in [0.15, 0.2) is 52.3 Å². The first kappa shape index (κ1) is 31.3. The second-order valence-corrected chi connectivity index (χ2v) is 9.13. The van der Waals surface area contributed by atoms with E-state index in [0.29, 0.717) is 6.20 Å². The summed E-state index contributed by atoms with van der Waals surface area (Å²) in [5.41, 5.74) is 0.398. The number of nitrogens with two attached hydrogens (primary N) is 1. The number of alkyl halides is 8. The lowest BCUT2D eigenvalue weighted by Crippen LogP contribution is -2.32. The Balaban J connectivity index is 1.51. The van der Waals surface area contributed by atoms with Crippen molar-refractivity contribution in [1.82, 2.24) is 24.7 Å². The molecular formula is C25H21F8N7O3. The minimum atomic E-state index is -5.06. The van der Waals surface area contributed by atoms with E-state index in [1.807, 2.05) is 0 Å². The van der Waals surface area contributed by atoms with Crippen molar-refractivity contribution < 1.29 is 39.9 Å². The summed E-state index contributed by atoms with van der Waals surface area (Å²) >= 11 is 0. The van der Waals surface area contributed by atoms with E-state index >= 15 is 0 Å². The molecule has 0 saturated heterocycles. The lowest BCUT2D eigenvalue weighted by atomic mass is 10.1. The predicted octanol–water partition coefficient (Wildman–Crippen LogP) is 4.66. The van der Waals surface area contributed by atoms with Crippen LogP contribution in [0.3, 0.4) is 0 Å². The Morgan fingerprint density at radius 1 is 0.977 bits per heavy atom. The molecule has 4 rings (SSSR count). The molecule has 0 aliphatic carbocycles. The molecule has 0 spiro atoms. The molecule has 0 aliphatic heterocycles. The zero-order valence-corrected chi connectivity index (χ0v) is 21.6. The number of nitrogen functional groups attached to an aromatic ring is 1. The number of aromatic nitrogens is 5. The fourth-order valence-electron chi connectivity index (χ4n) is 4.24. The predicted molar refractivity (Wildman–Crippen MR) is 137 cm³/mol. The molecule has 4 aromatic rings. The highest BCUT2D eigenvalue weighted by Crippen LogP contribution is 2.34. The SMILES string of the molecule is Nc1nc(-c2ccc3c(=O)n(CCCC(COC(F)F)Nc4cn[nH]c(=O)c4C(F)(F)F)ccc3n2)ccc1C(F)(F)F. The second-order valence-electron chi connectivity index (χ2n) is 9.13. The Labute approximate surface area is 235 Å². The van der Waals surface area contributed by atoms with E-state index in [9.17, 15) is 44.7 Å². The van der Waals surface area contributed by atoms with Crippen LogP contribution in [0.2, 0.25) is 0 Å². The molecule has 0 radical (unpaired) electrons. The van der Waals surface area contributed by atoms with Crippen LogP contribution in [0, 0.1) is 0 Å². The van der Waals surface area contributed by atoms with E-state index in [4.69, 9.17) is 5.73 Å². The number of rotatable bonds is 10. The number of hydrogen-bond donors (Lipinski definition) is 3. The van der Waals surface area contributed by atoms with Crippen molar-refractivity contribution >= 4 is 22.4 Å². The molecular weight excluding hydrogens is 598 g/mol. The molecule has 0 aromatic carbocycles. The van der Waals surface area contributed by atoms with Gasteiger partial charge in [0.1, 0.15) is 11.4 Å². The summed E-state index contributed by atoms with van der Waals surface area (Å²) in [5, 5.41) is 7.52. The first-order valence-corrected chi connectivity index (χ1v) is 12.3. The van der Waals surface area contributed by atoms with Crippen molar-refractivity contribution in [2.24, 2.45) is 0 Å². The molecule has 0 saturated carbocycles. The molecule has 0 amide bonds. The molecule has 4 aromatic heterocycles. The van der Waals surface area contributed by atoms with Gasteiger partial charge in [0.05, 0.1) is 46.3 Å². The molecule has 0 bridgehead atoms. The molecule has 10 nitrogen and oxygen atoms in total. The molecule has 4 N–H and O–H groups in total. The number of nitrogens with zero attached hydrogens (tertiary/aromatic N) is 4. The molecule has 18 heteroatoms. The normalized spacial score (nSPS) is 13.0. The van der Waals surface area contributed by atoms with E-state index in [1.165, 1.54) is 29.0 Å². The molecule has 0 aliphatic rings. The van der Waals surface area contributed by atoms with Crippen LogP contribution in [0.25, 0.3) is 22.3 Å². The van der Waals surface area contributed by atoms with Gasteiger partial charge in [0.25, 0.3) is 11.1 Å². The van der Waals surface area contributed by atoms with Gasteiger partial charge in [-0.3, -0.25) is 9.59 Å². The van der Waals surface area contributed by atoms with Crippen LogP contribution in [-0.2, 0) is 23.6 Å². The summed E-state index contributed by atoms with van der Waals surface area (Å²) in [6.45, 7) is -3.91. The lowest BCUT2D eigenvalue weighted by molar-refractivity contribution is -0.139. The standard InChI is InChI=1S/C25H21F8N7O3/c26-23(27)43-11-12(36-18-10-35-39-21(41)19(18)25(31,32)33)2-1-8-40-9-7-15-13(22(40)42)3-5-16(37-15)17-6-4-14(20(34)38-17)24(28,29)30/h3-7,9-10,12,23H,1-2,8,11H2,(H2,34,38)(H2,36,39,41). The third kappa shape index (κ3) is 7.43. The summed E-state index contributed by atoms with van der Waals surface area (Å²) in [6.07, 6.45) is -7.63. The number of H-pyrrole nitrogens is 1. The van der Waals surface area contributed by atoms with Gasteiger partial charge in [-0.05, 0) is 43.2 Å². The number of anilines is 2. The maximum absolute atomic E-state index is 13.4. The summed E-state index contributed by atoms with van der Waals surface area (Å²) in [7, 11) is 0. The topological polar surface area (TPSA) is 141 Å². The maximum atomic E-state index is 13.4. The zero-order chi connectivity index (χ0) is 31.5. The first-order valence-electron chi connectivity index (χ1n) is 12.3. The first-order chi connectivity index (χ1) is 20.1. The van der Waals surface area contributed by atoms with Crippen LogP contribution in [-0.4, -0.2) is 44.0 Å². The molecule has 230 valence electrons. The number of pyridine rings is 3. The van der Waals surface area contributed by atoms with E-state index in [1.54, 1.807) is 5.10 Å². The molecule has 43 heavy (non-hydrogen) atoms. The minimum Gasteiger partial charge on any atom is -0.383 e. The van der Waals surface area contributed by atoms with E-state index in [-0.39, 0.29) is 41.7 Å². The van der Waals surface area contributed by atoms with Crippen LogP contribution < -0.4 is 22.2 Å². The fourth-order valence-corrected chi connectivity index (χ4v) is 4.24. The molecule has 0 fully saturated rings. The monoisotopic (exact) mass is 619 g/mol. The Kier molecular flexibility index (Phi) is 8.98. The van der Waals surface area contributed by atoms with E-state index < -0.39 is 65.4 Å². The number of aryl methyl sites for hydroxylation is 1. The summed E-state index contributed by atoms with van der Waals surface area (Å²) in [4.78, 5) is 32.8. The van der Waals surface area contributed by atoms with Crippen LogP contribution in [0.5, 0.6) is 0 Å². The van der Waals surface area contributed by atoms with Gasteiger partial charge in [-0.2, -0.15) is 40.2 Å². The molecule has 1 unspecified atom stereocenters. The minimum absolute atomic E-state index is 0.0140. The van der Waals surface area contributed by atoms with Crippen LogP contribution in [0.4, 0.5) is 46.6 Å². The number of ether oxygens (including phenoxy) is 1. The van der Waals surface area contributed by atoms with E-state index in [2.05, 4.69) is 25.1 Å². The van der Waals surface area contributed by atoms with Crippen molar-refractivity contribution in [2.45, 2.75) is 44.4 Å². The zero-order valence-electron chi connectivity index (χ0n) is 21.6. The highest BCUT2D eigenvalue weighted by molar-refractivity contribution is 5.80. The number of halogens is 8. The largest absolute Gasteiger partial charge is 0.423 e. The Morgan fingerprint density at radius 3 is 2.33 bits per heavy atom. The summed E-state index contributed by atoms with van der Waals surface area (Å²) < 4.78 is 110. The van der Waals surface area contributed by atoms with Gasteiger partial charge in [-0.15, -0.1) is 0 Å². The number of nitrogens with one attached hydrogen (secondary N) is 2. The van der Waals surface area contributed by atoms with Gasteiger partial charge in [-0.25, -0.2) is 15.1 Å². The fraction of sp³-hybridized carbons (Fsp3) is 0.320. The van der Waals surface area contributed by atoms with Gasteiger partial charge in [-0.1, -0.05) is 0 Å². The Bertz CT molecular complexity index is 1720. The third-order valence-corrected chi connectivity index (χ3v) is 6.20. The van der Waals surface area contributed by atoms with Gasteiger partial charge in [0, 0.05) is 18.8 Å². The van der Waals surface area contributed by atoms with Crippen molar-refractivity contribution in [3.05, 3.63) is 74.6 Å². The lowest BCUT2D eigenvalue weighted by Gasteiger charge is -2.22. The molecule has 4 heterocycles. The maximum Gasteiger partial charge on any atom is 0.423 e. The van der Waals surface area contributed by atoms with Crippen molar-refractivity contribution in [1.29, 1.82) is 0 Å². The average molecular weight is 619 g/mol. The van der Waals surface area contributed by atoms with Crippen LogP contribution >= 0.6 is 0 Å². The van der Waals surface area contributed by atoms with Gasteiger partial charge < -0.3 is 20.4 Å². The average Bonchev–Trinajstić information content (AvgIpc) is 2.91. The highest BCUT2D eigenvalue weighted by atomic mass is 19.4. The number of fused-ring (bicyclic) bond motifs is 1. The van der Waals surface area contributed by atoms with E-state index in [0.717, 1.165) is 12.1 Å². The number of aromatic amines is 1. The van der Waals surface area contributed by atoms with Crippen molar-refractivity contribution in [3.63, 3.8) is 0 Å². The van der Waals surface area contributed by atoms with Gasteiger partial charge >= 0.3 is 19.0 Å². The van der Waals surface area contributed by atoms with Gasteiger partial charge in [0.2, 0.25) is 0 Å². The number of hydrogen-bond acceptors (Lipinski definition) is 8. The second kappa shape index (κ2) is 12.3. The summed E-state index contributed by atoms with van der Waals surface area (Å²) in [6, 6.07) is 4.97. The molecule has 1 atom stereocenters. The van der Waals surface area contributed by atoms with Crippen molar-refractivity contribution in [2.75, 3.05) is 17.7 Å². The van der Waals surface area contributed by atoms with Crippen molar-refractivity contribution in [3.8, 4) is 11.4 Å². The van der Waals surface area contributed by atoms with Gasteiger partial charge in [0.15, 0.2) is 0 Å². The smallest absolute Gasteiger partial charge is 0.383 e. The third-order valence-electron chi connectivity index (χ3n) is 6.20.